The molecule has 0 atom stereocenters. The van der Waals surface area contributed by atoms with Crippen LogP contribution in [0.3, 0.4) is 0 Å². The van der Waals surface area contributed by atoms with Crippen LogP contribution >= 0.6 is 0 Å². The van der Waals surface area contributed by atoms with Crippen molar-refractivity contribution in [2.75, 3.05) is 20.6 Å². The molecule has 0 N–H and O–H groups in total. The van der Waals surface area contributed by atoms with Crippen LogP contribution in [0.25, 0.3) is 0 Å². The highest BCUT2D eigenvalue weighted by molar-refractivity contribution is 6.20. The molecule has 0 fully saturated rings. The van der Waals surface area contributed by atoms with Crippen LogP contribution in [0.2, 0.25) is 0 Å². The zero-order valence-corrected chi connectivity index (χ0v) is 10.8. The van der Waals surface area contributed by atoms with Gasteiger partial charge in [-0.2, -0.15) is 0 Å². The van der Waals surface area contributed by atoms with Gasteiger partial charge >= 0.3 is 5.97 Å². The Morgan fingerprint density at radius 3 is 2.16 bits per heavy atom. The Morgan fingerprint density at radius 2 is 1.68 bits per heavy atom. The summed E-state index contributed by atoms with van der Waals surface area (Å²) >= 11 is 0. The van der Waals surface area contributed by atoms with E-state index in [4.69, 9.17) is 4.84 Å². The van der Waals surface area contributed by atoms with Gasteiger partial charge in [-0.15, -0.1) is 0 Å². The van der Waals surface area contributed by atoms with E-state index in [1.54, 1.807) is 12.1 Å². The molecule has 1 aromatic rings. The average Bonchev–Trinajstić information content (AvgIpc) is 2.62. The normalized spacial score (nSPS) is 13.9. The van der Waals surface area contributed by atoms with E-state index in [9.17, 15) is 14.4 Å². The number of fused-ring (bicyclic) bond motifs is 1. The van der Waals surface area contributed by atoms with Gasteiger partial charge in [0.1, 0.15) is 0 Å². The maximum atomic E-state index is 11.9. The largest absolute Gasteiger partial charge is 0.334 e. The molecule has 2 amide bonds. The average molecular weight is 262 g/mol. The van der Waals surface area contributed by atoms with Gasteiger partial charge in [-0.05, 0) is 26.2 Å². The lowest BCUT2D eigenvalue weighted by Gasteiger charge is -2.14. The summed E-state index contributed by atoms with van der Waals surface area (Å²) < 4.78 is 0. The number of nitrogens with zero attached hydrogens (tertiary/aromatic N) is 2. The van der Waals surface area contributed by atoms with E-state index in [-0.39, 0.29) is 17.5 Å². The molecular weight excluding hydrogens is 248 g/mol. The Kier molecular flexibility index (Phi) is 3.62. The highest BCUT2D eigenvalue weighted by atomic mass is 16.7. The molecule has 6 nitrogen and oxygen atoms in total. The Balaban J connectivity index is 2.06. The highest BCUT2D eigenvalue weighted by Gasteiger charge is 2.38. The summed E-state index contributed by atoms with van der Waals surface area (Å²) in [6.07, 6.45) is 0.112. The van der Waals surface area contributed by atoms with Crippen molar-refractivity contribution in [1.82, 2.24) is 9.96 Å². The first kappa shape index (κ1) is 13.2. The summed E-state index contributed by atoms with van der Waals surface area (Å²) in [5.74, 6) is -1.80. The number of hydroxylamine groups is 2. The summed E-state index contributed by atoms with van der Waals surface area (Å²) in [6.45, 7) is 0.488. The first-order valence-corrected chi connectivity index (χ1v) is 5.84. The second-order valence-corrected chi connectivity index (χ2v) is 4.47. The minimum Gasteiger partial charge on any atom is -0.330 e. The van der Waals surface area contributed by atoms with Crippen LogP contribution in [0.4, 0.5) is 0 Å². The van der Waals surface area contributed by atoms with Crippen LogP contribution < -0.4 is 0 Å². The molecule has 1 heterocycles. The monoisotopic (exact) mass is 262 g/mol. The standard InChI is InChI=1S/C13H14N2O4/c1-14(2)8-7-11(16)19-15-12(17)9-5-3-4-6-10(9)13(15)18/h3-6H,7-8H2,1-2H3. The smallest absolute Gasteiger partial charge is 0.330 e. The Morgan fingerprint density at radius 1 is 1.16 bits per heavy atom. The van der Waals surface area contributed by atoms with Gasteiger partial charge in [-0.1, -0.05) is 17.2 Å². The van der Waals surface area contributed by atoms with Gasteiger partial charge in [-0.3, -0.25) is 9.59 Å². The Labute approximate surface area is 110 Å². The Hall–Kier alpha value is -2.21. The van der Waals surface area contributed by atoms with E-state index in [0.717, 1.165) is 0 Å². The van der Waals surface area contributed by atoms with Crippen molar-refractivity contribution < 1.29 is 19.2 Å². The van der Waals surface area contributed by atoms with Crippen molar-refractivity contribution in [3.63, 3.8) is 0 Å². The molecule has 0 spiro atoms. The quantitative estimate of drug-likeness (QED) is 0.747. The van der Waals surface area contributed by atoms with Gasteiger partial charge in [0.05, 0.1) is 17.5 Å². The first-order valence-electron chi connectivity index (χ1n) is 5.84. The van der Waals surface area contributed by atoms with Gasteiger partial charge in [0.2, 0.25) is 0 Å². The van der Waals surface area contributed by atoms with Crippen molar-refractivity contribution in [3.05, 3.63) is 35.4 Å². The molecule has 1 aliphatic rings. The van der Waals surface area contributed by atoms with E-state index >= 15 is 0 Å². The minimum atomic E-state index is -0.608. The van der Waals surface area contributed by atoms with Crippen molar-refractivity contribution >= 4 is 17.8 Å². The van der Waals surface area contributed by atoms with Crippen LogP contribution in [0, 0.1) is 0 Å². The van der Waals surface area contributed by atoms with Crippen LogP contribution in [0.1, 0.15) is 27.1 Å². The van der Waals surface area contributed by atoms with Crippen molar-refractivity contribution in [1.29, 1.82) is 0 Å². The van der Waals surface area contributed by atoms with Crippen molar-refractivity contribution in [2.24, 2.45) is 0 Å². The van der Waals surface area contributed by atoms with Gasteiger partial charge in [-0.25, -0.2) is 4.79 Å². The van der Waals surface area contributed by atoms with Crippen LogP contribution in [0.15, 0.2) is 24.3 Å². The molecule has 1 aromatic carbocycles. The van der Waals surface area contributed by atoms with E-state index < -0.39 is 17.8 Å². The lowest BCUT2D eigenvalue weighted by Crippen LogP contribution is -2.33. The number of benzene rings is 1. The molecule has 6 heteroatoms. The number of hydrogen-bond acceptors (Lipinski definition) is 5. The molecule has 0 radical (unpaired) electrons. The molecule has 0 aliphatic carbocycles. The molecular formula is C13H14N2O4. The van der Waals surface area contributed by atoms with Crippen LogP contribution in [-0.2, 0) is 9.63 Å². The second-order valence-electron chi connectivity index (χ2n) is 4.47. The van der Waals surface area contributed by atoms with Gasteiger partial charge < -0.3 is 9.74 Å². The summed E-state index contributed by atoms with van der Waals surface area (Å²) in [7, 11) is 3.63. The second kappa shape index (κ2) is 5.19. The van der Waals surface area contributed by atoms with Crippen LogP contribution in [0.5, 0.6) is 0 Å². The number of imide groups is 1. The zero-order chi connectivity index (χ0) is 14.0. The number of rotatable bonds is 4. The Bertz CT molecular complexity index is 504. The molecule has 0 aromatic heterocycles. The predicted molar refractivity (Wildman–Crippen MR) is 66.2 cm³/mol. The SMILES string of the molecule is CN(C)CCC(=O)ON1C(=O)c2ccccc2C1=O. The summed E-state index contributed by atoms with van der Waals surface area (Å²) in [6, 6.07) is 6.37. The molecule has 19 heavy (non-hydrogen) atoms. The molecule has 100 valence electrons. The number of carbonyl (C=O) groups excluding carboxylic acids is 3. The van der Waals surface area contributed by atoms with Crippen molar-refractivity contribution in [2.45, 2.75) is 6.42 Å². The predicted octanol–water partition coefficient (Wildman–Crippen LogP) is 0.692. The summed E-state index contributed by atoms with van der Waals surface area (Å²) in [5, 5.41) is 0.530. The molecule has 1 aliphatic heterocycles. The van der Waals surface area contributed by atoms with E-state index in [1.165, 1.54) is 12.1 Å². The molecule has 0 saturated carbocycles. The fourth-order valence-electron chi connectivity index (χ4n) is 1.71. The minimum absolute atomic E-state index is 0.112. The van der Waals surface area contributed by atoms with E-state index in [0.29, 0.717) is 11.6 Å². The molecule has 2 rings (SSSR count). The van der Waals surface area contributed by atoms with Crippen molar-refractivity contribution in [3.8, 4) is 0 Å². The van der Waals surface area contributed by atoms with Gasteiger partial charge in [0.15, 0.2) is 0 Å². The lowest BCUT2D eigenvalue weighted by atomic mass is 10.1. The highest BCUT2D eigenvalue weighted by Crippen LogP contribution is 2.22. The van der Waals surface area contributed by atoms with Gasteiger partial charge in [0.25, 0.3) is 11.8 Å². The molecule has 0 bridgehead atoms. The maximum Gasteiger partial charge on any atom is 0.334 e. The third kappa shape index (κ3) is 2.63. The fourth-order valence-corrected chi connectivity index (χ4v) is 1.71. The maximum absolute atomic E-state index is 11.9. The van der Waals surface area contributed by atoms with Gasteiger partial charge in [0, 0.05) is 6.54 Å². The molecule has 0 unspecified atom stereocenters. The van der Waals surface area contributed by atoms with E-state index in [2.05, 4.69) is 0 Å². The first-order chi connectivity index (χ1) is 9.00. The summed E-state index contributed by atoms with van der Waals surface area (Å²) in [4.78, 5) is 42.0. The van der Waals surface area contributed by atoms with Crippen LogP contribution in [-0.4, -0.2) is 48.4 Å². The lowest BCUT2D eigenvalue weighted by molar-refractivity contribution is -0.168. The number of amides is 2. The number of hydrogen-bond donors (Lipinski definition) is 0. The fraction of sp³-hybridized carbons (Fsp3) is 0.308. The molecule has 0 saturated heterocycles. The third-order valence-electron chi connectivity index (χ3n) is 2.71. The summed E-state index contributed by atoms with van der Waals surface area (Å²) in [5.41, 5.74) is 0.515. The zero-order valence-electron chi connectivity index (χ0n) is 10.8. The topological polar surface area (TPSA) is 66.9 Å². The van der Waals surface area contributed by atoms with E-state index in [1.807, 2.05) is 19.0 Å². The number of carbonyl (C=O) groups is 3. The third-order valence-corrected chi connectivity index (χ3v) is 2.71.